The van der Waals surface area contributed by atoms with Crippen LogP contribution < -0.4 is 4.74 Å². The van der Waals surface area contributed by atoms with Gasteiger partial charge >= 0.3 is 0 Å². The van der Waals surface area contributed by atoms with Crippen LogP contribution in [-0.4, -0.2) is 36.6 Å². The molecule has 1 fully saturated rings. The fraction of sp³-hybridized carbons (Fsp3) is 0.615. The molecule has 1 aliphatic rings. The molecule has 16 heavy (non-hydrogen) atoms. The molecule has 3 heteroatoms. The average molecular weight is 220 g/mol. The first-order chi connectivity index (χ1) is 7.81. The Labute approximate surface area is 97.4 Å². The van der Waals surface area contributed by atoms with Gasteiger partial charge in [0.15, 0.2) is 0 Å². The second-order valence-electron chi connectivity index (χ2n) is 4.42. The number of nitrogens with zero attached hydrogens (tertiary/aromatic N) is 2. The van der Waals surface area contributed by atoms with Crippen LogP contribution in [-0.2, 0) is 6.42 Å². The largest absolute Gasteiger partial charge is 0.481 e. The first kappa shape index (κ1) is 11.4. The number of ether oxygens (including phenoxy) is 1. The van der Waals surface area contributed by atoms with E-state index in [2.05, 4.69) is 22.9 Å². The molecule has 0 radical (unpaired) electrons. The minimum absolute atomic E-state index is 0.725. The van der Waals surface area contributed by atoms with Gasteiger partial charge < -0.3 is 9.64 Å². The average Bonchev–Trinajstić information content (AvgIpc) is 2.77. The van der Waals surface area contributed by atoms with Crippen LogP contribution in [0.15, 0.2) is 18.2 Å². The van der Waals surface area contributed by atoms with Crippen LogP contribution >= 0.6 is 0 Å². The molecule has 1 aliphatic heterocycles. The van der Waals surface area contributed by atoms with Gasteiger partial charge in [-0.1, -0.05) is 13.0 Å². The Kier molecular flexibility index (Phi) is 3.78. The maximum atomic E-state index is 5.14. The molecule has 88 valence electrons. The maximum Gasteiger partial charge on any atom is 0.213 e. The molecule has 0 aliphatic carbocycles. The zero-order valence-electron chi connectivity index (χ0n) is 10.1. The third-order valence-electron chi connectivity index (χ3n) is 3.31. The number of methoxy groups -OCH3 is 1. The SMILES string of the molecule is CCN1CCC(Cc2cccc(OC)n2)C1. The van der Waals surface area contributed by atoms with Gasteiger partial charge in [-0.2, -0.15) is 0 Å². The second-order valence-corrected chi connectivity index (χ2v) is 4.42. The topological polar surface area (TPSA) is 25.4 Å². The third kappa shape index (κ3) is 2.73. The van der Waals surface area contributed by atoms with Crippen LogP contribution in [0.2, 0.25) is 0 Å². The number of pyridine rings is 1. The molecular formula is C13H20N2O. The van der Waals surface area contributed by atoms with Gasteiger partial charge in [0.25, 0.3) is 0 Å². The minimum Gasteiger partial charge on any atom is -0.481 e. The Morgan fingerprint density at radius 3 is 3.06 bits per heavy atom. The van der Waals surface area contributed by atoms with Crippen molar-refractivity contribution < 1.29 is 4.74 Å². The quantitative estimate of drug-likeness (QED) is 0.775. The summed E-state index contributed by atoms with van der Waals surface area (Å²) >= 11 is 0. The standard InChI is InChI=1S/C13H20N2O/c1-3-15-8-7-11(10-15)9-12-5-4-6-13(14-12)16-2/h4-6,11H,3,7-10H2,1-2H3. The summed E-state index contributed by atoms with van der Waals surface area (Å²) in [5.74, 6) is 1.49. The van der Waals surface area contributed by atoms with E-state index in [9.17, 15) is 0 Å². The molecular weight excluding hydrogens is 200 g/mol. The van der Waals surface area contributed by atoms with Gasteiger partial charge in [-0.3, -0.25) is 0 Å². The Bertz CT molecular complexity index is 340. The van der Waals surface area contributed by atoms with Crippen molar-refractivity contribution in [2.24, 2.45) is 5.92 Å². The highest BCUT2D eigenvalue weighted by atomic mass is 16.5. The van der Waals surface area contributed by atoms with Crippen molar-refractivity contribution in [3.63, 3.8) is 0 Å². The van der Waals surface area contributed by atoms with Crippen molar-refractivity contribution in [2.75, 3.05) is 26.7 Å². The number of likely N-dealkylation sites (tertiary alicyclic amines) is 1. The van der Waals surface area contributed by atoms with Crippen LogP contribution in [0.3, 0.4) is 0 Å². The number of rotatable bonds is 4. The molecule has 1 aromatic heterocycles. The number of hydrogen-bond donors (Lipinski definition) is 0. The van der Waals surface area contributed by atoms with E-state index in [1.54, 1.807) is 7.11 Å². The number of aromatic nitrogens is 1. The van der Waals surface area contributed by atoms with E-state index in [0.29, 0.717) is 0 Å². The molecule has 0 N–H and O–H groups in total. The predicted octanol–water partition coefficient (Wildman–Crippen LogP) is 1.97. The minimum atomic E-state index is 0.725. The van der Waals surface area contributed by atoms with E-state index in [1.807, 2.05) is 12.1 Å². The van der Waals surface area contributed by atoms with Gasteiger partial charge in [0.2, 0.25) is 5.88 Å². The van der Waals surface area contributed by atoms with Crippen molar-refractivity contribution in [3.05, 3.63) is 23.9 Å². The zero-order chi connectivity index (χ0) is 11.4. The van der Waals surface area contributed by atoms with E-state index in [4.69, 9.17) is 4.74 Å². The lowest BCUT2D eigenvalue weighted by Crippen LogP contribution is -2.20. The van der Waals surface area contributed by atoms with Gasteiger partial charge in [-0.15, -0.1) is 0 Å². The van der Waals surface area contributed by atoms with E-state index in [0.717, 1.165) is 23.9 Å². The van der Waals surface area contributed by atoms with Gasteiger partial charge in [-0.05, 0) is 37.9 Å². The Hall–Kier alpha value is -1.09. The molecule has 0 saturated carbocycles. The van der Waals surface area contributed by atoms with Crippen molar-refractivity contribution in [2.45, 2.75) is 19.8 Å². The van der Waals surface area contributed by atoms with Crippen LogP contribution in [0.1, 0.15) is 19.0 Å². The van der Waals surface area contributed by atoms with Gasteiger partial charge in [-0.25, -0.2) is 4.98 Å². The van der Waals surface area contributed by atoms with Crippen LogP contribution in [0.4, 0.5) is 0 Å². The molecule has 2 heterocycles. The molecule has 0 spiro atoms. The van der Waals surface area contributed by atoms with Gasteiger partial charge in [0.1, 0.15) is 0 Å². The Morgan fingerprint density at radius 1 is 1.50 bits per heavy atom. The van der Waals surface area contributed by atoms with E-state index in [-0.39, 0.29) is 0 Å². The van der Waals surface area contributed by atoms with E-state index < -0.39 is 0 Å². The normalized spacial score (nSPS) is 21.2. The Balaban J connectivity index is 1.94. The highest BCUT2D eigenvalue weighted by molar-refractivity contribution is 5.16. The first-order valence-electron chi connectivity index (χ1n) is 6.04. The summed E-state index contributed by atoms with van der Waals surface area (Å²) in [7, 11) is 1.67. The summed E-state index contributed by atoms with van der Waals surface area (Å²) in [6, 6.07) is 6.02. The summed E-state index contributed by atoms with van der Waals surface area (Å²) < 4.78 is 5.14. The lowest BCUT2D eigenvalue weighted by molar-refractivity contribution is 0.341. The van der Waals surface area contributed by atoms with Crippen LogP contribution in [0, 0.1) is 5.92 Å². The first-order valence-corrected chi connectivity index (χ1v) is 6.04. The van der Waals surface area contributed by atoms with Crippen molar-refractivity contribution in [1.82, 2.24) is 9.88 Å². The monoisotopic (exact) mass is 220 g/mol. The number of hydrogen-bond acceptors (Lipinski definition) is 3. The smallest absolute Gasteiger partial charge is 0.213 e. The molecule has 0 aromatic carbocycles. The summed E-state index contributed by atoms with van der Waals surface area (Å²) in [4.78, 5) is 6.97. The van der Waals surface area contributed by atoms with Crippen molar-refractivity contribution in [1.29, 1.82) is 0 Å². The lowest BCUT2D eigenvalue weighted by atomic mass is 10.0. The van der Waals surface area contributed by atoms with Gasteiger partial charge in [0, 0.05) is 18.3 Å². The summed E-state index contributed by atoms with van der Waals surface area (Å²) in [5, 5.41) is 0. The summed E-state index contributed by atoms with van der Waals surface area (Å²) in [5.41, 5.74) is 1.15. The van der Waals surface area contributed by atoms with E-state index in [1.165, 1.54) is 26.1 Å². The van der Waals surface area contributed by atoms with Gasteiger partial charge in [0.05, 0.1) is 7.11 Å². The fourth-order valence-corrected chi connectivity index (χ4v) is 2.35. The third-order valence-corrected chi connectivity index (χ3v) is 3.31. The highest BCUT2D eigenvalue weighted by Crippen LogP contribution is 2.20. The molecule has 1 atom stereocenters. The molecule has 1 unspecified atom stereocenters. The molecule has 1 saturated heterocycles. The summed E-state index contributed by atoms with van der Waals surface area (Å²) in [6.45, 7) is 5.86. The maximum absolute atomic E-state index is 5.14. The fourth-order valence-electron chi connectivity index (χ4n) is 2.35. The molecule has 3 nitrogen and oxygen atoms in total. The zero-order valence-corrected chi connectivity index (χ0v) is 10.1. The highest BCUT2D eigenvalue weighted by Gasteiger charge is 2.21. The second kappa shape index (κ2) is 5.30. The van der Waals surface area contributed by atoms with Crippen molar-refractivity contribution >= 4 is 0 Å². The Morgan fingerprint density at radius 2 is 2.38 bits per heavy atom. The van der Waals surface area contributed by atoms with Crippen LogP contribution in [0.25, 0.3) is 0 Å². The molecule has 0 bridgehead atoms. The molecule has 0 amide bonds. The van der Waals surface area contributed by atoms with Crippen LogP contribution in [0.5, 0.6) is 5.88 Å². The predicted molar refractivity (Wildman–Crippen MR) is 64.7 cm³/mol. The molecule has 1 aromatic rings. The van der Waals surface area contributed by atoms with Crippen molar-refractivity contribution in [3.8, 4) is 5.88 Å². The molecule has 2 rings (SSSR count). The van der Waals surface area contributed by atoms with E-state index >= 15 is 0 Å². The lowest BCUT2D eigenvalue weighted by Gasteiger charge is -2.12. The summed E-state index contributed by atoms with van der Waals surface area (Å²) in [6.07, 6.45) is 2.38.